The summed E-state index contributed by atoms with van der Waals surface area (Å²) in [6.07, 6.45) is -9.18. The molecule has 0 saturated carbocycles. The number of carboxylic acids is 1. The van der Waals surface area contributed by atoms with Gasteiger partial charge in [-0.05, 0) is 90.9 Å². The number of ether oxygens (including phenoxy) is 12. The second-order valence-corrected chi connectivity index (χ2v) is 22.9. The number of carbonyl (C=O) groups excluding carboxylic acids is 5. The first kappa shape index (κ1) is 69.7. The second-order valence-electron chi connectivity index (χ2n) is 22.9. The monoisotopic (exact) mass is 1310 g/mol. The van der Waals surface area contributed by atoms with Crippen molar-refractivity contribution in [3.05, 3.63) is 137 Å². The average molecular weight is 1310 g/mol. The molecule has 5 heterocycles. The van der Waals surface area contributed by atoms with Gasteiger partial charge in [0, 0.05) is 45.4 Å². The van der Waals surface area contributed by atoms with Gasteiger partial charge in [0.15, 0.2) is 29.7 Å². The fourth-order valence-corrected chi connectivity index (χ4v) is 11.4. The van der Waals surface area contributed by atoms with Crippen LogP contribution in [-0.2, 0) is 57.8 Å². The summed E-state index contributed by atoms with van der Waals surface area (Å²) in [5.41, 5.74) is 3.29. The molecule has 9 rings (SSSR count). The molecule has 8 atom stereocenters. The number of anilines is 2. The first-order valence-electron chi connectivity index (χ1n) is 30.3. The molecule has 94 heavy (non-hydrogen) atoms. The summed E-state index contributed by atoms with van der Waals surface area (Å²) in [5, 5.41) is 63.7. The van der Waals surface area contributed by atoms with Gasteiger partial charge in [0.25, 0.3) is 11.8 Å². The largest absolute Gasteiger partial charge is 0.493 e. The van der Waals surface area contributed by atoms with E-state index >= 15 is 0 Å². The van der Waals surface area contributed by atoms with Gasteiger partial charge in [0.05, 0.1) is 86.9 Å². The highest BCUT2D eigenvalue weighted by molar-refractivity contribution is 6.07. The maximum absolute atomic E-state index is 14.7. The maximum atomic E-state index is 14.7. The highest BCUT2D eigenvalue weighted by Crippen LogP contribution is 2.44. The molecule has 6 N–H and O–H groups in total. The van der Waals surface area contributed by atoms with Gasteiger partial charge in [-0.1, -0.05) is 43.0 Å². The lowest BCUT2D eigenvalue weighted by Crippen LogP contribution is -2.54. The van der Waals surface area contributed by atoms with Gasteiger partial charge in [0.2, 0.25) is 6.29 Å². The van der Waals surface area contributed by atoms with E-state index in [1.54, 1.807) is 31.2 Å². The number of aliphatic carboxylic acids is 1. The van der Waals surface area contributed by atoms with Gasteiger partial charge in [-0.3, -0.25) is 14.4 Å². The zero-order chi connectivity index (χ0) is 67.3. The third kappa shape index (κ3) is 16.4. The molecular weight excluding hydrogens is 1230 g/mol. The van der Waals surface area contributed by atoms with Crippen LogP contribution in [0.4, 0.5) is 21.0 Å². The minimum Gasteiger partial charge on any atom is -0.493 e. The van der Waals surface area contributed by atoms with Crippen LogP contribution in [0.25, 0.3) is 0 Å². The van der Waals surface area contributed by atoms with Gasteiger partial charge < -0.3 is 97.3 Å². The summed E-state index contributed by atoms with van der Waals surface area (Å²) >= 11 is 0. The number of amides is 4. The van der Waals surface area contributed by atoms with Crippen LogP contribution in [0.2, 0.25) is 0 Å². The average Bonchev–Trinajstić information content (AvgIpc) is 1.59. The zero-order valence-electron chi connectivity index (χ0n) is 52.3. The normalized spacial score (nSPS) is 21.5. The van der Waals surface area contributed by atoms with Crippen LogP contribution in [0.5, 0.6) is 28.7 Å². The zero-order valence-corrected chi connectivity index (χ0v) is 52.3. The molecule has 506 valence electrons. The van der Waals surface area contributed by atoms with Crippen LogP contribution in [0, 0.1) is 6.92 Å². The molecule has 3 saturated heterocycles. The van der Waals surface area contributed by atoms with Crippen molar-refractivity contribution in [3.8, 4) is 28.7 Å². The van der Waals surface area contributed by atoms with Crippen LogP contribution in [0.1, 0.15) is 79.0 Å². The van der Waals surface area contributed by atoms with E-state index in [9.17, 15) is 54.3 Å². The summed E-state index contributed by atoms with van der Waals surface area (Å²) in [5.74, 6) is -1.78. The van der Waals surface area contributed by atoms with Crippen LogP contribution in [0.15, 0.2) is 97.6 Å². The molecule has 4 aromatic carbocycles. The molecule has 0 spiro atoms. The van der Waals surface area contributed by atoms with Crippen molar-refractivity contribution < 1.29 is 116 Å². The number of carboxylic acid groups (broad SMARTS) is 1. The Bertz CT molecular complexity index is 3470. The summed E-state index contributed by atoms with van der Waals surface area (Å²) in [6.45, 7) is 13.0. The van der Waals surface area contributed by atoms with E-state index < -0.39 is 98.1 Å². The quantitative estimate of drug-likeness (QED) is 0.0236. The van der Waals surface area contributed by atoms with E-state index in [0.29, 0.717) is 45.6 Å². The smallest absolute Gasteiger partial charge is 0.416 e. The number of methoxy groups -OCH3 is 2. The SMILES string of the molecule is C=CCOC(=O)N1c2cc(OCc3cc(COc4cc5c(cc4OC)C(=O)N4CC(=C)C[C@H]4C(O)N5C(=O)OCc4ccc(O[C@@H]5OC[C@@H](O)[C@H](O)[C@H]5O)c(C(=O)CCCOC)c4)cc(OCCOCCOCCOCC(=O)O)c3)c(C)cc2C(=O)N2CC(=C)C[C@H]2C1O. The number of aryl methyl sites for hydroxylation is 1. The Hall–Kier alpha value is -8.68. The van der Waals surface area contributed by atoms with E-state index in [0.717, 1.165) is 9.80 Å². The van der Waals surface area contributed by atoms with Gasteiger partial charge in [-0.25, -0.2) is 24.2 Å². The van der Waals surface area contributed by atoms with Crippen molar-refractivity contribution in [1.82, 2.24) is 9.80 Å². The van der Waals surface area contributed by atoms with Crippen molar-refractivity contribution in [1.29, 1.82) is 0 Å². The van der Waals surface area contributed by atoms with E-state index in [1.165, 1.54) is 66.5 Å². The standard InChI is InChI=1S/C66H78N4O24/c1-7-12-89-65(81)69-47-28-54(39(4)22-44(47)60(77)67-30-37(2)20-49(67)62(69)79)90-33-41-23-42(25-43(24-41)88-19-18-86-15-14-85-16-17-87-36-57(73)74)34-91-56-29-48-45(27-55(56)84-6)61(78)68-31-38(3)21-50(68)63(80)70(48)66(82)93-32-40-10-11-53(46(26-40)51(71)9-8-13-83-5)94-64-59(76)58(75)52(72)35-92-64/h7,10-11,22-29,49-50,52,58-59,62-64,72,75-76,79-80H,1-3,8-9,12-21,30-36H2,4-6H3,(H,73,74)/t49-,50-,52+,58-,59+,62?,63?,64-/m0/s1. The number of aliphatic hydroxyl groups is 5. The van der Waals surface area contributed by atoms with Gasteiger partial charge >= 0.3 is 18.2 Å². The summed E-state index contributed by atoms with van der Waals surface area (Å²) < 4.78 is 68.9. The third-order valence-electron chi connectivity index (χ3n) is 16.0. The van der Waals surface area contributed by atoms with Crippen molar-refractivity contribution in [2.45, 2.75) is 102 Å². The fraction of sp³-hybridized carbons (Fsp3) is 0.455. The number of hydrogen-bond acceptors (Lipinski definition) is 23. The Balaban J connectivity index is 0.979. The van der Waals surface area contributed by atoms with Gasteiger partial charge in [-0.2, -0.15) is 0 Å². The number of Topliss-reactive ketones (excluding diaryl/α,β-unsaturated/α-hetero) is 1. The molecule has 4 aromatic rings. The van der Waals surface area contributed by atoms with Crippen molar-refractivity contribution in [3.63, 3.8) is 0 Å². The lowest BCUT2D eigenvalue weighted by molar-refractivity contribution is -0.242. The lowest BCUT2D eigenvalue weighted by Gasteiger charge is -2.35. The molecule has 28 nitrogen and oxygen atoms in total. The topological polar surface area (TPSA) is 348 Å². The lowest BCUT2D eigenvalue weighted by atomic mass is 10.0. The van der Waals surface area contributed by atoms with Crippen molar-refractivity contribution >= 4 is 47.1 Å². The Morgan fingerprint density at radius 2 is 1.22 bits per heavy atom. The van der Waals surface area contributed by atoms with Crippen molar-refractivity contribution in [2.75, 3.05) is 103 Å². The number of aliphatic hydroxyl groups excluding tert-OH is 5. The molecule has 5 aliphatic rings. The number of fused-ring (bicyclic) bond motifs is 4. The maximum Gasteiger partial charge on any atom is 0.416 e. The minimum atomic E-state index is -1.69. The summed E-state index contributed by atoms with van der Waals surface area (Å²) in [4.78, 5) is 86.4. The number of benzene rings is 4. The fourth-order valence-electron chi connectivity index (χ4n) is 11.4. The predicted molar refractivity (Wildman–Crippen MR) is 331 cm³/mol. The van der Waals surface area contributed by atoms with Crippen LogP contribution < -0.4 is 33.5 Å². The molecular formula is C66H78N4O24. The first-order chi connectivity index (χ1) is 45.2. The molecule has 0 aromatic heterocycles. The number of nitrogens with zero attached hydrogens (tertiary/aromatic N) is 4. The molecule has 28 heteroatoms. The number of carbonyl (C=O) groups is 6. The summed E-state index contributed by atoms with van der Waals surface area (Å²) in [7, 11) is 2.85. The second kappa shape index (κ2) is 32.0. The molecule has 3 fully saturated rings. The van der Waals surface area contributed by atoms with E-state index in [4.69, 9.17) is 61.9 Å². The van der Waals surface area contributed by atoms with Crippen LogP contribution in [0.3, 0.4) is 0 Å². The Morgan fingerprint density at radius 3 is 1.83 bits per heavy atom. The minimum absolute atomic E-state index is 0.00770. The number of rotatable bonds is 30. The molecule has 5 aliphatic heterocycles. The van der Waals surface area contributed by atoms with E-state index in [1.807, 2.05) is 0 Å². The third-order valence-corrected chi connectivity index (χ3v) is 16.0. The van der Waals surface area contributed by atoms with Gasteiger partial charge in [-0.15, -0.1) is 0 Å². The Kier molecular flexibility index (Phi) is 23.7. The predicted octanol–water partition coefficient (Wildman–Crippen LogP) is 4.58. The van der Waals surface area contributed by atoms with E-state index in [-0.39, 0.29) is 156 Å². The molecule has 0 bridgehead atoms. The number of ketones is 1. The van der Waals surface area contributed by atoms with Crippen LogP contribution in [-0.4, -0.2) is 219 Å². The summed E-state index contributed by atoms with van der Waals surface area (Å²) in [6, 6.07) is 13.6. The highest BCUT2D eigenvalue weighted by Gasteiger charge is 2.48. The molecule has 0 aliphatic carbocycles. The number of hydrogen-bond donors (Lipinski definition) is 6. The van der Waals surface area contributed by atoms with Crippen LogP contribution >= 0.6 is 0 Å². The highest BCUT2D eigenvalue weighted by atomic mass is 16.7. The molecule has 2 unspecified atom stereocenters. The first-order valence-corrected chi connectivity index (χ1v) is 30.3. The van der Waals surface area contributed by atoms with Gasteiger partial charge in [0.1, 0.15) is 75.2 Å². The van der Waals surface area contributed by atoms with E-state index in [2.05, 4.69) is 19.7 Å². The molecule has 0 radical (unpaired) electrons. The van der Waals surface area contributed by atoms with Crippen molar-refractivity contribution in [2.24, 2.45) is 0 Å². The molecule has 4 amide bonds. The Labute approximate surface area is 541 Å². The Morgan fingerprint density at radius 1 is 0.638 bits per heavy atom.